The summed E-state index contributed by atoms with van der Waals surface area (Å²) < 4.78 is 39.3. The molecule has 1 aromatic carbocycles. The lowest BCUT2D eigenvalue weighted by Gasteiger charge is -2.17. The van der Waals surface area contributed by atoms with Crippen LogP contribution in [-0.4, -0.2) is 12.0 Å². The first kappa shape index (κ1) is 12.6. The van der Waals surface area contributed by atoms with Crippen molar-refractivity contribution in [2.45, 2.75) is 6.04 Å². The molecule has 0 saturated heterocycles. The Hall–Kier alpha value is -1.88. The first-order valence-corrected chi connectivity index (χ1v) is 5.35. The normalized spacial score (nSPS) is 12.4. The maximum atomic E-state index is 13.2. The fourth-order valence-corrected chi connectivity index (χ4v) is 1.81. The zero-order valence-corrected chi connectivity index (χ0v) is 9.62. The van der Waals surface area contributed by atoms with Gasteiger partial charge in [0, 0.05) is 12.4 Å². The molecule has 2 aromatic rings. The highest BCUT2D eigenvalue weighted by Gasteiger charge is 2.17. The van der Waals surface area contributed by atoms with Gasteiger partial charge in [0.1, 0.15) is 0 Å². The highest BCUT2D eigenvalue weighted by atomic mass is 19.2. The third-order valence-corrected chi connectivity index (χ3v) is 2.65. The maximum absolute atomic E-state index is 13.2. The van der Waals surface area contributed by atoms with E-state index in [4.69, 9.17) is 0 Å². The predicted molar refractivity (Wildman–Crippen MR) is 61.5 cm³/mol. The molecule has 0 amide bonds. The van der Waals surface area contributed by atoms with Crippen LogP contribution in [0, 0.1) is 17.5 Å². The van der Waals surface area contributed by atoms with E-state index >= 15 is 0 Å². The number of hydrogen-bond donors (Lipinski definition) is 1. The van der Waals surface area contributed by atoms with Gasteiger partial charge in [-0.2, -0.15) is 0 Å². The van der Waals surface area contributed by atoms with E-state index in [9.17, 15) is 13.2 Å². The molecule has 0 bridgehead atoms. The SMILES string of the molecule is CNC(c1cccnc1)c1cc(F)c(F)c(F)c1. The number of benzene rings is 1. The lowest BCUT2D eigenvalue weighted by atomic mass is 10.00. The molecule has 0 aliphatic heterocycles. The second-order valence-electron chi connectivity index (χ2n) is 3.81. The average Bonchev–Trinajstić information content (AvgIpc) is 2.38. The van der Waals surface area contributed by atoms with Crippen LogP contribution >= 0.6 is 0 Å². The molecule has 94 valence electrons. The third kappa shape index (κ3) is 2.36. The summed E-state index contributed by atoms with van der Waals surface area (Å²) in [5.41, 5.74) is 1.05. The largest absolute Gasteiger partial charge is 0.309 e. The second kappa shape index (κ2) is 5.18. The van der Waals surface area contributed by atoms with Gasteiger partial charge in [-0.1, -0.05) is 6.07 Å². The van der Waals surface area contributed by atoms with Crippen LogP contribution in [0.4, 0.5) is 13.2 Å². The Morgan fingerprint density at radius 1 is 1.11 bits per heavy atom. The van der Waals surface area contributed by atoms with Crippen LogP contribution < -0.4 is 5.32 Å². The Morgan fingerprint density at radius 2 is 1.78 bits per heavy atom. The first-order valence-electron chi connectivity index (χ1n) is 5.35. The predicted octanol–water partition coefficient (Wildman–Crippen LogP) is 2.81. The van der Waals surface area contributed by atoms with Crippen LogP contribution in [0.15, 0.2) is 36.7 Å². The molecule has 18 heavy (non-hydrogen) atoms. The maximum Gasteiger partial charge on any atom is 0.194 e. The summed E-state index contributed by atoms with van der Waals surface area (Å²) in [5, 5.41) is 2.91. The van der Waals surface area contributed by atoms with Crippen molar-refractivity contribution in [1.29, 1.82) is 0 Å². The molecule has 1 unspecified atom stereocenters. The Bertz CT molecular complexity index is 520. The zero-order valence-electron chi connectivity index (χ0n) is 9.62. The van der Waals surface area contributed by atoms with Crippen molar-refractivity contribution in [3.63, 3.8) is 0 Å². The lowest BCUT2D eigenvalue weighted by molar-refractivity contribution is 0.443. The fraction of sp³-hybridized carbons (Fsp3) is 0.154. The lowest BCUT2D eigenvalue weighted by Crippen LogP contribution is -2.18. The molecular weight excluding hydrogens is 241 g/mol. The van der Waals surface area contributed by atoms with Gasteiger partial charge in [-0.05, 0) is 36.4 Å². The molecule has 1 aromatic heterocycles. The molecule has 5 heteroatoms. The van der Waals surface area contributed by atoms with Crippen LogP contribution in [-0.2, 0) is 0 Å². The Labute approximate surface area is 102 Å². The molecule has 0 radical (unpaired) electrons. The smallest absolute Gasteiger partial charge is 0.194 e. The minimum atomic E-state index is -1.46. The van der Waals surface area contributed by atoms with E-state index in [0.717, 1.165) is 17.7 Å². The van der Waals surface area contributed by atoms with Gasteiger partial charge in [-0.15, -0.1) is 0 Å². The minimum absolute atomic E-state index is 0.307. The number of halogens is 3. The van der Waals surface area contributed by atoms with Crippen LogP contribution in [0.1, 0.15) is 17.2 Å². The number of nitrogens with zero attached hydrogens (tertiary/aromatic N) is 1. The van der Waals surface area contributed by atoms with E-state index in [0.29, 0.717) is 5.56 Å². The number of hydrogen-bond acceptors (Lipinski definition) is 2. The van der Waals surface area contributed by atoms with Gasteiger partial charge in [-0.3, -0.25) is 4.98 Å². The number of nitrogens with one attached hydrogen (secondary N) is 1. The average molecular weight is 252 g/mol. The summed E-state index contributed by atoms with van der Waals surface area (Å²) in [7, 11) is 1.65. The van der Waals surface area contributed by atoms with Gasteiger partial charge < -0.3 is 5.32 Å². The fourth-order valence-electron chi connectivity index (χ4n) is 1.81. The molecule has 1 heterocycles. The minimum Gasteiger partial charge on any atom is -0.309 e. The van der Waals surface area contributed by atoms with Crippen LogP contribution in [0.3, 0.4) is 0 Å². The van der Waals surface area contributed by atoms with Gasteiger partial charge in [0.25, 0.3) is 0 Å². The van der Waals surface area contributed by atoms with Crippen molar-refractivity contribution >= 4 is 0 Å². The molecule has 1 atom stereocenters. The summed E-state index contributed by atoms with van der Waals surface area (Å²) in [6.45, 7) is 0. The van der Waals surface area contributed by atoms with Crippen molar-refractivity contribution in [3.05, 3.63) is 65.2 Å². The Kier molecular flexibility index (Phi) is 3.62. The highest BCUT2D eigenvalue weighted by Crippen LogP contribution is 2.24. The molecule has 0 fully saturated rings. The summed E-state index contributed by atoms with van der Waals surface area (Å²) in [6.07, 6.45) is 3.18. The van der Waals surface area contributed by atoms with E-state index in [1.165, 1.54) is 0 Å². The highest BCUT2D eigenvalue weighted by molar-refractivity contribution is 5.31. The molecule has 0 saturated carbocycles. The third-order valence-electron chi connectivity index (χ3n) is 2.65. The van der Waals surface area contributed by atoms with Gasteiger partial charge in [-0.25, -0.2) is 13.2 Å². The van der Waals surface area contributed by atoms with Crippen molar-refractivity contribution in [1.82, 2.24) is 10.3 Å². The van der Waals surface area contributed by atoms with Gasteiger partial charge in [0.15, 0.2) is 17.5 Å². The number of aromatic nitrogens is 1. The van der Waals surface area contributed by atoms with E-state index in [2.05, 4.69) is 10.3 Å². The second-order valence-corrected chi connectivity index (χ2v) is 3.81. The number of rotatable bonds is 3. The van der Waals surface area contributed by atoms with Crippen molar-refractivity contribution in [2.24, 2.45) is 0 Å². The summed E-state index contributed by atoms with van der Waals surface area (Å²) in [4.78, 5) is 3.94. The molecule has 2 nitrogen and oxygen atoms in total. The van der Waals surface area contributed by atoms with Crippen molar-refractivity contribution in [2.75, 3.05) is 7.05 Å². The van der Waals surface area contributed by atoms with E-state index < -0.39 is 23.5 Å². The molecular formula is C13H11F3N2. The quantitative estimate of drug-likeness (QED) is 0.850. The summed E-state index contributed by atoms with van der Waals surface area (Å²) >= 11 is 0. The zero-order chi connectivity index (χ0) is 13.1. The molecule has 2 rings (SSSR count). The van der Waals surface area contributed by atoms with Crippen LogP contribution in [0.2, 0.25) is 0 Å². The molecule has 0 aliphatic carbocycles. The van der Waals surface area contributed by atoms with E-state index in [-0.39, 0.29) is 0 Å². The van der Waals surface area contributed by atoms with Crippen molar-refractivity contribution in [3.8, 4) is 0 Å². The van der Waals surface area contributed by atoms with Gasteiger partial charge in [0.2, 0.25) is 0 Å². The van der Waals surface area contributed by atoms with Crippen LogP contribution in [0.25, 0.3) is 0 Å². The monoisotopic (exact) mass is 252 g/mol. The standard InChI is InChI=1S/C13H11F3N2/c1-17-13(8-3-2-4-18-7-8)9-5-10(14)12(16)11(15)6-9/h2-7,13,17H,1H3. The Morgan fingerprint density at radius 3 is 2.28 bits per heavy atom. The van der Waals surface area contributed by atoms with E-state index in [1.54, 1.807) is 31.6 Å². The van der Waals surface area contributed by atoms with E-state index in [1.807, 2.05) is 0 Å². The van der Waals surface area contributed by atoms with Gasteiger partial charge in [0.05, 0.1) is 6.04 Å². The van der Waals surface area contributed by atoms with Crippen molar-refractivity contribution < 1.29 is 13.2 Å². The summed E-state index contributed by atoms with van der Waals surface area (Å²) in [5.74, 6) is -3.86. The Balaban J connectivity index is 2.46. The molecule has 0 aliphatic rings. The van der Waals surface area contributed by atoms with Gasteiger partial charge >= 0.3 is 0 Å². The topological polar surface area (TPSA) is 24.9 Å². The number of pyridine rings is 1. The summed E-state index contributed by atoms with van der Waals surface area (Å²) in [6, 6.07) is 5.01. The molecule has 1 N–H and O–H groups in total. The first-order chi connectivity index (χ1) is 8.63. The molecule has 0 spiro atoms. The van der Waals surface area contributed by atoms with Crippen LogP contribution in [0.5, 0.6) is 0 Å².